The van der Waals surface area contributed by atoms with Crippen molar-refractivity contribution in [1.29, 1.82) is 0 Å². The molecule has 0 saturated carbocycles. The lowest BCUT2D eigenvalue weighted by Crippen LogP contribution is -2.29. The number of hydrogen-bond donors (Lipinski definition) is 2. The zero-order valence-electron chi connectivity index (χ0n) is 11.3. The molecule has 1 heterocycles. The number of aryl methyl sites for hydroxylation is 1. The topological polar surface area (TPSA) is 55.9 Å². The molecule has 0 spiro atoms. The van der Waals surface area contributed by atoms with E-state index in [1.54, 1.807) is 0 Å². The second-order valence-electron chi connectivity index (χ2n) is 4.66. The lowest BCUT2D eigenvalue weighted by molar-refractivity contribution is 0.549. The number of nitrogens with two attached hydrogens (primary N) is 1. The van der Waals surface area contributed by atoms with Crippen molar-refractivity contribution in [2.75, 3.05) is 0 Å². The second kappa shape index (κ2) is 7.09. The Morgan fingerprint density at radius 1 is 1.35 bits per heavy atom. The molecule has 0 radical (unpaired) electrons. The van der Waals surface area contributed by atoms with Crippen LogP contribution in [-0.4, -0.2) is 9.78 Å². The molecular formula is C14H18Cl2N4. The number of nitrogens with zero attached hydrogens (tertiary/aromatic N) is 2. The van der Waals surface area contributed by atoms with E-state index < -0.39 is 0 Å². The number of rotatable bonds is 6. The number of benzene rings is 1. The average Bonchev–Trinajstić information content (AvgIpc) is 2.87. The minimum absolute atomic E-state index is 0.0713. The van der Waals surface area contributed by atoms with E-state index in [2.05, 4.69) is 17.4 Å². The Balaban J connectivity index is 2.20. The molecule has 2 rings (SSSR count). The Hall–Kier alpha value is -1.07. The van der Waals surface area contributed by atoms with Gasteiger partial charge in [-0.2, -0.15) is 5.10 Å². The summed E-state index contributed by atoms with van der Waals surface area (Å²) in [6.07, 6.45) is 5.48. The van der Waals surface area contributed by atoms with Crippen molar-refractivity contribution in [3.8, 4) is 0 Å². The minimum Gasteiger partial charge on any atom is -0.272 e. The lowest BCUT2D eigenvalue weighted by Gasteiger charge is -2.16. The van der Waals surface area contributed by atoms with Crippen LogP contribution >= 0.6 is 23.2 Å². The van der Waals surface area contributed by atoms with E-state index in [-0.39, 0.29) is 6.04 Å². The third-order valence-corrected chi connectivity index (χ3v) is 3.89. The van der Waals surface area contributed by atoms with Gasteiger partial charge < -0.3 is 0 Å². The normalized spacial score (nSPS) is 12.6. The third-order valence-electron chi connectivity index (χ3n) is 3.18. The van der Waals surface area contributed by atoms with Crippen LogP contribution in [0.4, 0.5) is 0 Å². The zero-order valence-corrected chi connectivity index (χ0v) is 12.8. The summed E-state index contributed by atoms with van der Waals surface area (Å²) in [5.74, 6) is 5.66. The highest BCUT2D eigenvalue weighted by atomic mass is 35.5. The first-order valence-corrected chi connectivity index (χ1v) is 7.32. The first-order valence-electron chi connectivity index (χ1n) is 6.57. The Bertz CT molecular complexity index is 548. The van der Waals surface area contributed by atoms with Crippen LogP contribution in [0.3, 0.4) is 0 Å². The van der Waals surface area contributed by atoms with Crippen molar-refractivity contribution < 1.29 is 0 Å². The fourth-order valence-electron chi connectivity index (χ4n) is 2.12. The Morgan fingerprint density at radius 3 is 2.65 bits per heavy atom. The zero-order chi connectivity index (χ0) is 14.5. The Labute approximate surface area is 128 Å². The summed E-state index contributed by atoms with van der Waals surface area (Å²) in [7, 11) is 0. The molecule has 0 saturated heterocycles. The molecule has 1 aromatic carbocycles. The van der Waals surface area contributed by atoms with Gasteiger partial charge in [-0.3, -0.25) is 16.0 Å². The summed E-state index contributed by atoms with van der Waals surface area (Å²) in [4.78, 5) is 0. The standard InChI is InChI=1S/C14H18Cl2N4/c1-2-6-20-9-10(8-18-20)14(19-17)7-11-12(15)4-3-5-13(11)16/h3-5,8-9,14,19H,2,6-7,17H2,1H3. The maximum absolute atomic E-state index is 6.20. The fourth-order valence-corrected chi connectivity index (χ4v) is 2.67. The van der Waals surface area contributed by atoms with Crippen LogP contribution in [0.15, 0.2) is 30.6 Å². The summed E-state index contributed by atoms with van der Waals surface area (Å²) < 4.78 is 1.91. The van der Waals surface area contributed by atoms with Crippen molar-refractivity contribution in [2.45, 2.75) is 32.4 Å². The monoisotopic (exact) mass is 312 g/mol. The number of halogens is 2. The van der Waals surface area contributed by atoms with Gasteiger partial charge in [0.1, 0.15) is 0 Å². The summed E-state index contributed by atoms with van der Waals surface area (Å²) in [5.41, 5.74) is 4.72. The Kier molecular flexibility index (Phi) is 5.43. The van der Waals surface area contributed by atoms with E-state index in [9.17, 15) is 0 Å². The summed E-state index contributed by atoms with van der Waals surface area (Å²) in [6, 6.07) is 5.42. The highest BCUT2D eigenvalue weighted by Gasteiger charge is 2.16. The van der Waals surface area contributed by atoms with Gasteiger partial charge in [-0.15, -0.1) is 0 Å². The molecule has 3 N–H and O–H groups in total. The van der Waals surface area contributed by atoms with Gasteiger partial charge in [-0.25, -0.2) is 0 Å². The number of hydrogen-bond acceptors (Lipinski definition) is 3. The molecular weight excluding hydrogens is 295 g/mol. The van der Waals surface area contributed by atoms with E-state index in [0.717, 1.165) is 24.1 Å². The van der Waals surface area contributed by atoms with Crippen LogP contribution in [0.25, 0.3) is 0 Å². The van der Waals surface area contributed by atoms with Gasteiger partial charge in [0, 0.05) is 28.4 Å². The molecule has 2 aromatic rings. The molecule has 1 aromatic heterocycles. The van der Waals surface area contributed by atoms with E-state index in [0.29, 0.717) is 16.5 Å². The van der Waals surface area contributed by atoms with Gasteiger partial charge in [0.25, 0.3) is 0 Å². The molecule has 0 amide bonds. The van der Waals surface area contributed by atoms with Crippen molar-refractivity contribution in [3.63, 3.8) is 0 Å². The molecule has 0 fully saturated rings. The summed E-state index contributed by atoms with van der Waals surface area (Å²) >= 11 is 12.4. The van der Waals surface area contributed by atoms with Gasteiger partial charge in [0.15, 0.2) is 0 Å². The van der Waals surface area contributed by atoms with Crippen molar-refractivity contribution in [2.24, 2.45) is 5.84 Å². The molecule has 0 bridgehead atoms. The van der Waals surface area contributed by atoms with Crippen LogP contribution in [0.2, 0.25) is 10.0 Å². The van der Waals surface area contributed by atoms with Gasteiger partial charge >= 0.3 is 0 Å². The predicted octanol–water partition coefficient (Wildman–Crippen LogP) is 3.35. The average molecular weight is 313 g/mol. The maximum Gasteiger partial charge on any atom is 0.0538 e. The second-order valence-corrected chi connectivity index (χ2v) is 5.47. The van der Waals surface area contributed by atoms with Crippen molar-refractivity contribution in [3.05, 3.63) is 51.8 Å². The van der Waals surface area contributed by atoms with Gasteiger partial charge in [-0.1, -0.05) is 36.2 Å². The summed E-state index contributed by atoms with van der Waals surface area (Å²) in [6.45, 7) is 3.01. The van der Waals surface area contributed by atoms with Gasteiger partial charge in [0.2, 0.25) is 0 Å². The van der Waals surface area contributed by atoms with E-state index in [4.69, 9.17) is 29.0 Å². The fraction of sp³-hybridized carbons (Fsp3) is 0.357. The lowest BCUT2D eigenvalue weighted by atomic mass is 10.0. The quantitative estimate of drug-likeness (QED) is 0.635. The van der Waals surface area contributed by atoms with Gasteiger partial charge in [0.05, 0.1) is 12.2 Å². The number of nitrogens with one attached hydrogen (secondary N) is 1. The minimum atomic E-state index is -0.0713. The highest BCUT2D eigenvalue weighted by Crippen LogP contribution is 2.29. The molecule has 0 aliphatic carbocycles. The van der Waals surface area contributed by atoms with E-state index >= 15 is 0 Å². The molecule has 20 heavy (non-hydrogen) atoms. The van der Waals surface area contributed by atoms with Crippen LogP contribution in [-0.2, 0) is 13.0 Å². The molecule has 4 nitrogen and oxygen atoms in total. The highest BCUT2D eigenvalue weighted by molar-refractivity contribution is 6.36. The van der Waals surface area contributed by atoms with Crippen LogP contribution in [0.1, 0.15) is 30.5 Å². The summed E-state index contributed by atoms with van der Waals surface area (Å²) in [5, 5.41) is 5.62. The number of aromatic nitrogens is 2. The van der Waals surface area contributed by atoms with Crippen molar-refractivity contribution >= 4 is 23.2 Å². The predicted molar refractivity (Wildman–Crippen MR) is 82.7 cm³/mol. The molecule has 1 unspecified atom stereocenters. The molecule has 0 aliphatic heterocycles. The largest absolute Gasteiger partial charge is 0.272 e. The SMILES string of the molecule is CCCn1cc(C(Cc2c(Cl)cccc2Cl)NN)cn1. The first-order chi connectivity index (χ1) is 9.65. The molecule has 1 atom stereocenters. The van der Waals surface area contributed by atoms with Gasteiger partial charge in [-0.05, 0) is 30.5 Å². The first kappa shape index (κ1) is 15.3. The van der Waals surface area contributed by atoms with Crippen molar-refractivity contribution in [1.82, 2.24) is 15.2 Å². The molecule has 108 valence electrons. The third kappa shape index (κ3) is 3.52. The Morgan fingerprint density at radius 2 is 2.05 bits per heavy atom. The van der Waals surface area contributed by atoms with Crippen LogP contribution in [0.5, 0.6) is 0 Å². The molecule has 0 aliphatic rings. The van der Waals surface area contributed by atoms with E-state index in [1.807, 2.05) is 35.3 Å². The smallest absolute Gasteiger partial charge is 0.0538 e. The van der Waals surface area contributed by atoms with E-state index in [1.165, 1.54) is 0 Å². The van der Waals surface area contributed by atoms with Crippen LogP contribution in [0, 0.1) is 0 Å². The van der Waals surface area contributed by atoms with Crippen LogP contribution < -0.4 is 11.3 Å². The maximum atomic E-state index is 6.20. The molecule has 6 heteroatoms. The number of hydrazine groups is 1.